The molecule has 0 aliphatic heterocycles. The maximum Gasteiger partial charge on any atom is 0.321 e. The van der Waals surface area contributed by atoms with Crippen molar-refractivity contribution < 1.29 is 23.5 Å². The van der Waals surface area contributed by atoms with Gasteiger partial charge in [0.1, 0.15) is 0 Å². The van der Waals surface area contributed by atoms with E-state index in [2.05, 4.69) is 15.6 Å². The Labute approximate surface area is 173 Å². The molecule has 0 radical (unpaired) electrons. The van der Waals surface area contributed by atoms with E-state index in [9.17, 15) is 14.4 Å². The van der Waals surface area contributed by atoms with Crippen LogP contribution in [0.2, 0.25) is 0 Å². The number of amides is 3. The Kier molecular flexibility index (Phi) is 6.94. The highest BCUT2D eigenvalue weighted by atomic mass is 16.5. The molecule has 1 atom stereocenters. The van der Waals surface area contributed by atoms with Gasteiger partial charge < -0.3 is 14.5 Å². The SMILES string of the molecule is CNC(=O)NC(=O)C(OC(=O)CCc1ncc(-c2ccccc2)o1)c1ccccc1. The molecule has 2 N–H and O–H groups in total. The Bertz CT molecular complexity index is 1000. The number of esters is 1. The van der Waals surface area contributed by atoms with E-state index >= 15 is 0 Å². The first-order valence-corrected chi connectivity index (χ1v) is 9.34. The van der Waals surface area contributed by atoms with Gasteiger partial charge in [0.2, 0.25) is 6.10 Å². The second-order valence-corrected chi connectivity index (χ2v) is 6.33. The number of benzene rings is 2. The fourth-order valence-corrected chi connectivity index (χ4v) is 2.70. The van der Waals surface area contributed by atoms with Gasteiger partial charge in [-0.3, -0.25) is 14.9 Å². The van der Waals surface area contributed by atoms with Crippen LogP contribution in [-0.2, 0) is 20.7 Å². The molecule has 8 heteroatoms. The molecule has 0 aliphatic rings. The van der Waals surface area contributed by atoms with Crippen LogP contribution in [0, 0.1) is 0 Å². The summed E-state index contributed by atoms with van der Waals surface area (Å²) in [5.41, 5.74) is 1.34. The number of aromatic nitrogens is 1. The molecular weight excluding hydrogens is 386 g/mol. The Morgan fingerprint density at radius 1 is 1.03 bits per heavy atom. The first kappa shape index (κ1) is 20.8. The first-order chi connectivity index (χ1) is 14.6. The fourth-order valence-electron chi connectivity index (χ4n) is 2.70. The summed E-state index contributed by atoms with van der Waals surface area (Å²) in [5, 5.41) is 4.42. The molecule has 3 rings (SSSR count). The first-order valence-electron chi connectivity index (χ1n) is 9.34. The van der Waals surface area contributed by atoms with Crippen LogP contribution >= 0.6 is 0 Å². The fraction of sp³-hybridized carbons (Fsp3) is 0.182. The van der Waals surface area contributed by atoms with Crippen molar-refractivity contribution in [2.75, 3.05) is 7.05 Å². The molecule has 8 nitrogen and oxygen atoms in total. The van der Waals surface area contributed by atoms with Gasteiger partial charge in [-0.2, -0.15) is 0 Å². The minimum atomic E-state index is -1.25. The van der Waals surface area contributed by atoms with Crippen LogP contribution in [-0.4, -0.2) is 29.9 Å². The van der Waals surface area contributed by atoms with Crippen molar-refractivity contribution in [3.63, 3.8) is 0 Å². The third-order valence-electron chi connectivity index (χ3n) is 4.21. The molecule has 1 aromatic heterocycles. The van der Waals surface area contributed by atoms with E-state index < -0.39 is 24.0 Å². The number of carbonyl (C=O) groups excluding carboxylic acids is 3. The number of oxazole rings is 1. The zero-order chi connectivity index (χ0) is 21.3. The maximum absolute atomic E-state index is 12.4. The third-order valence-corrected chi connectivity index (χ3v) is 4.21. The quantitative estimate of drug-likeness (QED) is 0.583. The highest BCUT2D eigenvalue weighted by molar-refractivity contribution is 5.97. The number of aryl methyl sites for hydroxylation is 1. The number of ether oxygens (including phenoxy) is 1. The van der Waals surface area contributed by atoms with E-state index in [1.165, 1.54) is 7.05 Å². The predicted molar refractivity (Wildman–Crippen MR) is 108 cm³/mol. The number of urea groups is 1. The molecular formula is C22H21N3O5. The molecule has 0 fully saturated rings. The molecule has 3 amide bonds. The highest BCUT2D eigenvalue weighted by Crippen LogP contribution is 2.21. The number of imide groups is 1. The normalized spacial score (nSPS) is 11.4. The van der Waals surface area contributed by atoms with Crippen LogP contribution in [0.1, 0.15) is 24.0 Å². The lowest BCUT2D eigenvalue weighted by Gasteiger charge is -2.17. The summed E-state index contributed by atoms with van der Waals surface area (Å²) in [6, 6.07) is 17.3. The van der Waals surface area contributed by atoms with Crippen LogP contribution in [0.25, 0.3) is 11.3 Å². The second kappa shape index (κ2) is 10.0. The summed E-state index contributed by atoms with van der Waals surface area (Å²) < 4.78 is 11.0. The van der Waals surface area contributed by atoms with Crippen LogP contribution in [0.5, 0.6) is 0 Å². The summed E-state index contributed by atoms with van der Waals surface area (Å²) in [7, 11) is 1.38. The average Bonchev–Trinajstić information content (AvgIpc) is 3.26. The van der Waals surface area contributed by atoms with Crippen molar-refractivity contribution >= 4 is 17.9 Å². The molecule has 1 heterocycles. The second-order valence-electron chi connectivity index (χ2n) is 6.33. The van der Waals surface area contributed by atoms with Crippen molar-refractivity contribution in [3.8, 4) is 11.3 Å². The van der Waals surface area contributed by atoms with Gasteiger partial charge in [0.15, 0.2) is 11.7 Å². The van der Waals surface area contributed by atoms with Crippen molar-refractivity contribution in [3.05, 3.63) is 78.3 Å². The Morgan fingerprint density at radius 2 is 1.70 bits per heavy atom. The van der Waals surface area contributed by atoms with Gasteiger partial charge in [-0.1, -0.05) is 60.7 Å². The number of carbonyl (C=O) groups is 3. The minimum Gasteiger partial charge on any atom is -0.447 e. The molecule has 0 saturated carbocycles. The van der Waals surface area contributed by atoms with E-state index in [0.29, 0.717) is 17.2 Å². The van der Waals surface area contributed by atoms with Crippen LogP contribution in [0.4, 0.5) is 4.79 Å². The molecule has 154 valence electrons. The molecule has 1 unspecified atom stereocenters. The monoisotopic (exact) mass is 407 g/mol. The Balaban J connectivity index is 1.62. The highest BCUT2D eigenvalue weighted by Gasteiger charge is 2.26. The van der Waals surface area contributed by atoms with Gasteiger partial charge >= 0.3 is 12.0 Å². The van der Waals surface area contributed by atoms with Gasteiger partial charge in [0.25, 0.3) is 5.91 Å². The molecule has 3 aromatic rings. The Hall–Kier alpha value is -3.94. The average molecular weight is 407 g/mol. The van der Waals surface area contributed by atoms with Crippen LogP contribution < -0.4 is 10.6 Å². The molecule has 30 heavy (non-hydrogen) atoms. The standard InChI is InChI=1S/C22H21N3O5/c1-23-22(28)25-21(27)20(16-10-6-3-7-11-16)30-19(26)13-12-18-24-14-17(29-18)15-8-4-2-5-9-15/h2-11,14,20H,12-13H2,1H3,(H2,23,25,27,28). The Morgan fingerprint density at radius 3 is 2.37 bits per heavy atom. The van der Waals surface area contributed by atoms with Gasteiger partial charge in [0.05, 0.1) is 12.6 Å². The summed E-state index contributed by atoms with van der Waals surface area (Å²) >= 11 is 0. The molecule has 0 aliphatic carbocycles. The lowest BCUT2D eigenvalue weighted by molar-refractivity contribution is -0.156. The predicted octanol–water partition coefficient (Wildman–Crippen LogP) is 3.01. The number of hydrogen-bond donors (Lipinski definition) is 2. The topological polar surface area (TPSA) is 111 Å². The van der Waals surface area contributed by atoms with Crippen molar-refractivity contribution in [1.29, 1.82) is 0 Å². The number of rotatable bonds is 7. The van der Waals surface area contributed by atoms with E-state index in [-0.39, 0.29) is 12.8 Å². The van der Waals surface area contributed by atoms with E-state index in [4.69, 9.17) is 9.15 Å². The molecule has 0 saturated heterocycles. The van der Waals surface area contributed by atoms with Crippen LogP contribution in [0.15, 0.2) is 71.3 Å². The molecule has 0 spiro atoms. The summed E-state index contributed by atoms with van der Waals surface area (Å²) in [6.07, 6.45) is 0.523. The van der Waals surface area contributed by atoms with E-state index in [1.807, 2.05) is 30.3 Å². The minimum absolute atomic E-state index is 0.0364. The number of hydrogen-bond acceptors (Lipinski definition) is 6. The van der Waals surface area contributed by atoms with Gasteiger partial charge in [-0.25, -0.2) is 9.78 Å². The van der Waals surface area contributed by atoms with Crippen molar-refractivity contribution in [1.82, 2.24) is 15.6 Å². The lowest BCUT2D eigenvalue weighted by Crippen LogP contribution is -2.41. The molecule has 2 aromatic carbocycles. The van der Waals surface area contributed by atoms with Crippen molar-refractivity contribution in [2.24, 2.45) is 0 Å². The van der Waals surface area contributed by atoms with Gasteiger partial charge in [0, 0.05) is 24.6 Å². The largest absolute Gasteiger partial charge is 0.447 e. The van der Waals surface area contributed by atoms with Crippen molar-refractivity contribution in [2.45, 2.75) is 18.9 Å². The third kappa shape index (κ3) is 5.54. The van der Waals surface area contributed by atoms with Gasteiger partial charge in [-0.05, 0) is 0 Å². The van der Waals surface area contributed by atoms with Gasteiger partial charge in [-0.15, -0.1) is 0 Å². The summed E-state index contributed by atoms with van der Waals surface area (Å²) in [6.45, 7) is 0. The zero-order valence-electron chi connectivity index (χ0n) is 16.3. The molecule has 0 bridgehead atoms. The number of nitrogens with zero attached hydrogens (tertiary/aromatic N) is 1. The van der Waals surface area contributed by atoms with E-state index in [0.717, 1.165) is 5.56 Å². The maximum atomic E-state index is 12.4. The van der Waals surface area contributed by atoms with E-state index in [1.54, 1.807) is 36.5 Å². The number of nitrogens with one attached hydrogen (secondary N) is 2. The van der Waals surface area contributed by atoms with Crippen LogP contribution in [0.3, 0.4) is 0 Å². The summed E-state index contributed by atoms with van der Waals surface area (Å²) in [5.74, 6) is -0.366. The smallest absolute Gasteiger partial charge is 0.321 e. The summed E-state index contributed by atoms with van der Waals surface area (Å²) in [4.78, 5) is 40.4. The zero-order valence-corrected chi connectivity index (χ0v) is 16.3. The lowest BCUT2D eigenvalue weighted by atomic mass is 10.1.